The van der Waals surface area contributed by atoms with Crippen molar-refractivity contribution in [2.75, 3.05) is 0 Å². The zero-order valence-corrected chi connectivity index (χ0v) is 5.14. The van der Waals surface area contributed by atoms with E-state index in [1.165, 1.54) is 6.08 Å². The highest BCUT2D eigenvalue weighted by Crippen LogP contribution is 1.98. The van der Waals surface area contributed by atoms with Crippen LogP contribution in [0.5, 0.6) is 0 Å². The minimum atomic E-state index is 0.792. The fourth-order valence-corrected chi connectivity index (χ4v) is 0.406. The van der Waals surface area contributed by atoms with Crippen LogP contribution in [0.25, 0.3) is 0 Å². The number of hydrogen-bond acceptors (Lipinski definition) is 2. The van der Waals surface area contributed by atoms with Crippen molar-refractivity contribution in [3.8, 4) is 0 Å². The van der Waals surface area contributed by atoms with E-state index >= 15 is 0 Å². The van der Waals surface area contributed by atoms with Gasteiger partial charge in [-0.3, -0.25) is 0 Å². The van der Waals surface area contributed by atoms with Crippen LogP contribution in [0.15, 0.2) is 16.8 Å². The molecule has 0 unspecified atom stereocenters. The molecule has 0 bridgehead atoms. The lowest BCUT2D eigenvalue weighted by Crippen LogP contribution is -1.70. The van der Waals surface area contributed by atoms with Gasteiger partial charge in [0.2, 0.25) is 6.08 Å². The highest BCUT2D eigenvalue weighted by atomic mass is 16.1. The molecule has 44 valence electrons. The quantitative estimate of drug-likeness (QED) is 0.393. The molecular weight excluding hydrogens is 102 g/mol. The summed E-state index contributed by atoms with van der Waals surface area (Å²) in [7, 11) is 0. The lowest BCUT2D eigenvalue weighted by Gasteiger charge is -1.85. The molecule has 0 rings (SSSR count). The molecular formula is C6H9NO. The van der Waals surface area contributed by atoms with Gasteiger partial charge in [-0.05, 0) is 13.3 Å². The SMILES string of the molecule is C/C=C(/CC)N=C=O. The molecule has 0 radical (unpaired) electrons. The van der Waals surface area contributed by atoms with E-state index in [4.69, 9.17) is 0 Å². The van der Waals surface area contributed by atoms with Crippen molar-refractivity contribution < 1.29 is 4.79 Å². The molecule has 0 aliphatic rings. The molecule has 0 spiro atoms. The molecule has 0 heterocycles. The number of nitrogens with zero attached hydrogens (tertiary/aromatic N) is 1. The maximum atomic E-state index is 9.60. The molecule has 0 amide bonds. The van der Waals surface area contributed by atoms with E-state index in [9.17, 15) is 4.79 Å². The van der Waals surface area contributed by atoms with Gasteiger partial charge in [-0.2, -0.15) is 4.99 Å². The first-order valence-electron chi connectivity index (χ1n) is 2.58. The van der Waals surface area contributed by atoms with E-state index in [1.54, 1.807) is 6.08 Å². The molecule has 0 saturated carbocycles. The van der Waals surface area contributed by atoms with E-state index < -0.39 is 0 Å². The molecule has 0 aromatic carbocycles. The Hall–Kier alpha value is -0.880. The summed E-state index contributed by atoms with van der Waals surface area (Å²) < 4.78 is 0. The van der Waals surface area contributed by atoms with Gasteiger partial charge >= 0.3 is 0 Å². The molecule has 0 atom stereocenters. The largest absolute Gasteiger partial charge is 0.240 e. The van der Waals surface area contributed by atoms with Crippen molar-refractivity contribution in [1.29, 1.82) is 0 Å². The van der Waals surface area contributed by atoms with Crippen LogP contribution in [0.3, 0.4) is 0 Å². The number of rotatable bonds is 2. The standard InChI is InChI=1S/C6H9NO/c1-3-6(4-2)7-5-8/h3H,4H2,1-2H3/b6-3-. The van der Waals surface area contributed by atoms with Crippen molar-refractivity contribution in [1.82, 2.24) is 0 Å². The zero-order valence-electron chi connectivity index (χ0n) is 5.14. The third-order valence-electron chi connectivity index (χ3n) is 0.885. The Kier molecular flexibility index (Phi) is 3.81. The van der Waals surface area contributed by atoms with Crippen LogP contribution >= 0.6 is 0 Å². The topological polar surface area (TPSA) is 29.4 Å². The van der Waals surface area contributed by atoms with Gasteiger partial charge in [0.1, 0.15) is 0 Å². The number of isocyanates is 1. The van der Waals surface area contributed by atoms with E-state index in [0.29, 0.717) is 0 Å². The summed E-state index contributed by atoms with van der Waals surface area (Å²) >= 11 is 0. The first-order valence-corrected chi connectivity index (χ1v) is 2.58. The van der Waals surface area contributed by atoms with E-state index in [-0.39, 0.29) is 0 Å². The fourth-order valence-electron chi connectivity index (χ4n) is 0.406. The molecule has 0 N–H and O–H groups in total. The van der Waals surface area contributed by atoms with Crippen molar-refractivity contribution in [2.24, 2.45) is 4.99 Å². The Balaban J connectivity index is 3.91. The highest BCUT2D eigenvalue weighted by Gasteiger charge is 1.82. The number of aliphatic imine (C=N–C) groups is 1. The Morgan fingerprint density at radius 2 is 2.50 bits per heavy atom. The first kappa shape index (κ1) is 7.12. The van der Waals surface area contributed by atoms with Crippen LogP contribution in [0.2, 0.25) is 0 Å². The molecule has 0 aromatic rings. The fraction of sp³-hybridized carbons (Fsp3) is 0.500. The minimum Gasteiger partial charge on any atom is -0.211 e. The van der Waals surface area contributed by atoms with Gasteiger partial charge in [-0.1, -0.05) is 13.0 Å². The Labute approximate surface area is 48.9 Å². The van der Waals surface area contributed by atoms with Gasteiger partial charge in [0.15, 0.2) is 0 Å². The van der Waals surface area contributed by atoms with Crippen LogP contribution in [0.1, 0.15) is 20.3 Å². The van der Waals surface area contributed by atoms with Crippen LogP contribution in [0, 0.1) is 0 Å². The van der Waals surface area contributed by atoms with Gasteiger partial charge < -0.3 is 0 Å². The predicted octanol–water partition coefficient (Wildman–Crippen LogP) is 1.64. The van der Waals surface area contributed by atoms with E-state index in [2.05, 4.69) is 4.99 Å². The average Bonchev–Trinajstić information content (AvgIpc) is 1.83. The lowest BCUT2D eigenvalue weighted by molar-refractivity contribution is 0.564. The molecule has 2 heteroatoms. The monoisotopic (exact) mass is 111 g/mol. The zero-order chi connectivity index (χ0) is 6.41. The van der Waals surface area contributed by atoms with Gasteiger partial charge in [0.05, 0.1) is 0 Å². The van der Waals surface area contributed by atoms with Gasteiger partial charge in [-0.25, -0.2) is 4.79 Å². The summed E-state index contributed by atoms with van der Waals surface area (Å²) in [4.78, 5) is 13.0. The maximum absolute atomic E-state index is 9.60. The second-order valence-electron chi connectivity index (χ2n) is 1.34. The highest BCUT2D eigenvalue weighted by molar-refractivity contribution is 5.36. The molecule has 0 aliphatic carbocycles. The van der Waals surface area contributed by atoms with Crippen LogP contribution in [0.4, 0.5) is 0 Å². The average molecular weight is 111 g/mol. The summed E-state index contributed by atoms with van der Waals surface area (Å²) in [5.74, 6) is 0. The minimum absolute atomic E-state index is 0.792. The Bertz CT molecular complexity index is 131. The maximum Gasteiger partial charge on any atom is 0.240 e. The third kappa shape index (κ3) is 2.32. The Morgan fingerprint density at radius 1 is 1.88 bits per heavy atom. The molecule has 0 aromatic heterocycles. The Morgan fingerprint density at radius 3 is 2.62 bits per heavy atom. The van der Waals surface area contributed by atoms with E-state index in [0.717, 1.165) is 12.1 Å². The lowest BCUT2D eigenvalue weighted by atomic mass is 10.3. The molecule has 2 nitrogen and oxygen atoms in total. The second kappa shape index (κ2) is 4.28. The first-order chi connectivity index (χ1) is 3.85. The van der Waals surface area contributed by atoms with Crippen molar-refractivity contribution in [3.05, 3.63) is 11.8 Å². The summed E-state index contributed by atoms with van der Waals surface area (Å²) in [5.41, 5.74) is 0.792. The molecule has 8 heavy (non-hydrogen) atoms. The number of carbonyl (C=O) groups excluding carboxylic acids is 1. The van der Waals surface area contributed by atoms with Crippen LogP contribution in [-0.2, 0) is 4.79 Å². The summed E-state index contributed by atoms with van der Waals surface area (Å²) in [5, 5.41) is 0. The van der Waals surface area contributed by atoms with Crippen LogP contribution < -0.4 is 0 Å². The van der Waals surface area contributed by atoms with Gasteiger partial charge in [0, 0.05) is 5.70 Å². The van der Waals surface area contributed by atoms with Gasteiger partial charge in [0.25, 0.3) is 0 Å². The van der Waals surface area contributed by atoms with Gasteiger partial charge in [-0.15, -0.1) is 0 Å². The normalized spacial score (nSPS) is 10.5. The van der Waals surface area contributed by atoms with Crippen molar-refractivity contribution in [2.45, 2.75) is 20.3 Å². The van der Waals surface area contributed by atoms with E-state index in [1.807, 2.05) is 13.8 Å². The summed E-state index contributed by atoms with van der Waals surface area (Å²) in [6.45, 7) is 3.79. The molecule has 0 aliphatic heterocycles. The third-order valence-corrected chi connectivity index (χ3v) is 0.885. The molecule has 0 fully saturated rings. The smallest absolute Gasteiger partial charge is 0.211 e. The number of allylic oxidation sites excluding steroid dienone is 2. The predicted molar refractivity (Wildman–Crippen MR) is 32.2 cm³/mol. The van der Waals surface area contributed by atoms with Crippen LogP contribution in [-0.4, -0.2) is 6.08 Å². The van der Waals surface area contributed by atoms with Crippen molar-refractivity contribution >= 4 is 6.08 Å². The summed E-state index contributed by atoms with van der Waals surface area (Å²) in [6.07, 6.45) is 4.07. The summed E-state index contributed by atoms with van der Waals surface area (Å²) in [6, 6.07) is 0. The number of hydrogen-bond donors (Lipinski definition) is 0. The van der Waals surface area contributed by atoms with Crippen molar-refractivity contribution in [3.63, 3.8) is 0 Å². The molecule has 0 saturated heterocycles. The second-order valence-corrected chi connectivity index (χ2v) is 1.34.